The van der Waals surface area contributed by atoms with E-state index in [2.05, 4.69) is 4.99 Å². The van der Waals surface area contributed by atoms with Gasteiger partial charge in [0.25, 0.3) is 0 Å². The average molecular weight is 391 g/mol. The molecule has 1 heterocycles. The van der Waals surface area contributed by atoms with Crippen LogP contribution in [-0.2, 0) is 16.1 Å². The van der Waals surface area contributed by atoms with E-state index in [0.29, 0.717) is 16.9 Å². The van der Waals surface area contributed by atoms with Crippen LogP contribution < -0.4 is 4.74 Å². The molecule has 1 aliphatic heterocycles. The fraction of sp³-hybridized carbons (Fsp3) is 0.0435. The van der Waals surface area contributed by atoms with Gasteiger partial charge in [-0.05, 0) is 42.0 Å². The van der Waals surface area contributed by atoms with Crippen molar-refractivity contribution in [3.05, 3.63) is 107 Å². The Labute approximate surface area is 165 Å². The normalized spacial score (nSPS) is 14.6. The molecule has 1 aliphatic rings. The van der Waals surface area contributed by atoms with Gasteiger partial charge < -0.3 is 9.47 Å². The minimum absolute atomic E-state index is 0.0505. The Balaban J connectivity index is 1.54. The van der Waals surface area contributed by atoms with Crippen LogP contribution in [-0.4, -0.2) is 11.9 Å². The third kappa shape index (κ3) is 4.21. The maximum absolute atomic E-state index is 13.9. The molecule has 6 heteroatoms. The van der Waals surface area contributed by atoms with E-state index in [1.165, 1.54) is 24.3 Å². The number of halogens is 2. The highest BCUT2D eigenvalue weighted by Gasteiger charge is 2.25. The van der Waals surface area contributed by atoms with Gasteiger partial charge in [0.05, 0.1) is 5.56 Å². The molecule has 0 fully saturated rings. The third-order valence-corrected chi connectivity index (χ3v) is 4.24. The first-order valence-electron chi connectivity index (χ1n) is 8.84. The first kappa shape index (κ1) is 18.6. The first-order valence-corrected chi connectivity index (χ1v) is 8.84. The molecule has 3 aromatic rings. The van der Waals surface area contributed by atoms with Crippen LogP contribution >= 0.6 is 0 Å². The van der Waals surface area contributed by atoms with Crippen LogP contribution in [0.1, 0.15) is 16.7 Å². The van der Waals surface area contributed by atoms with Crippen molar-refractivity contribution < 1.29 is 23.0 Å². The summed E-state index contributed by atoms with van der Waals surface area (Å²) in [6.45, 7) is 0.0737. The number of hydrogen-bond acceptors (Lipinski definition) is 4. The number of cyclic esters (lactones) is 1. The largest absolute Gasteiger partial charge is 0.489 e. The van der Waals surface area contributed by atoms with E-state index in [-0.39, 0.29) is 29.6 Å². The minimum atomic E-state index is -0.666. The van der Waals surface area contributed by atoms with Gasteiger partial charge in [-0.15, -0.1) is 0 Å². The van der Waals surface area contributed by atoms with Crippen molar-refractivity contribution in [1.82, 2.24) is 0 Å². The van der Waals surface area contributed by atoms with Crippen molar-refractivity contribution in [1.29, 1.82) is 0 Å². The lowest BCUT2D eigenvalue weighted by Crippen LogP contribution is -2.07. The van der Waals surface area contributed by atoms with Gasteiger partial charge in [0.2, 0.25) is 5.90 Å². The molecule has 3 aromatic carbocycles. The molecule has 4 nitrogen and oxygen atoms in total. The zero-order valence-electron chi connectivity index (χ0n) is 15.1. The summed E-state index contributed by atoms with van der Waals surface area (Å²) in [7, 11) is 0. The molecule has 0 bridgehead atoms. The van der Waals surface area contributed by atoms with E-state index < -0.39 is 11.8 Å². The van der Waals surface area contributed by atoms with E-state index in [4.69, 9.17) is 9.47 Å². The first-order chi connectivity index (χ1) is 14.1. The molecule has 0 radical (unpaired) electrons. The Morgan fingerprint density at radius 2 is 1.69 bits per heavy atom. The van der Waals surface area contributed by atoms with Crippen molar-refractivity contribution in [3.8, 4) is 5.75 Å². The van der Waals surface area contributed by atoms with Gasteiger partial charge in [-0.3, -0.25) is 0 Å². The van der Waals surface area contributed by atoms with Crippen molar-refractivity contribution in [2.24, 2.45) is 4.99 Å². The van der Waals surface area contributed by atoms with Crippen molar-refractivity contribution in [3.63, 3.8) is 0 Å². The highest BCUT2D eigenvalue weighted by molar-refractivity contribution is 6.12. The Morgan fingerprint density at radius 3 is 2.48 bits per heavy atom. The number of esters is 1. The van der Waals surface area contributed by atoms with Crippen molar-refractivity contribution in [2.45, 2.75) is 6.61 Å². The van der Waals surface area contributed by atoms with Crippen LogP contribution in [0, 0.1) is 11.6 Å². The lowest BCUT2D eigenvalue weighted by molar-refractivity contribution is -0.129. The molecule has 0 unspecified atom stereocenters. The van der Waals surface area contributed by atoms with Gasteiger partial charge in [0, 0.05) is 5.56 Å². The fourth-order valence-electron chi connectivity index (χ4n) is 2.79. The molecule has 29 heavy (non-hydrogen) atoms. The molecule has 0 amide bonds. The number of aliphatic imine (C=N–C) groups is 1. The second-order valence-corrected chi connectivity index (χ2v) is 6.27. The number of nitrogens with zero attached hydrogens (tertiary/aromatic N) is 1. The van der Waals surface area contributed by atoms with Crippen LogP contribution in [0.3, 0.4) is 0 Å². The van der Waals surface area contributed by atoms with E-state index in [9.17, 15) is 13.6 Å². The Kier molecular flexibility index (Phi) is 5.16. The standard InChI is InChI=1S/C23H15F2NO3/c24-19-10-3-1-7-16(19)14-28-17-8-5-6-15(12-17)13-21-23(27)29-22(26-21)18-9-2-4-11-20(18)25/h1-13H,14H2/b21-13-. The second kappa shape index (κ2) is 8.06. The second-order valence-electron chi connectivity index (χ2n) is 6.27. The van der Waals surface area contributed by atoms with E-state index in [1.54, 1.807) is 54.6 Å². The van der Waals surface area contributed by atoms with Gasteiger partial charge in [-0.1, -0.05) is 42.5 Å². The Bertz CT molecular complexity index is 1140. The number of benzene rings is 3. The van der Waals surface area contributed by atoms with Crippen LogP contribution in [0.4, 0.5) is 8.78 Å². The SMILES string of the molecule is O=C1OC(c2ccccc2F)=N/C1=C\c1cccc(OCc2ccccc2F)c1. The van der Waals surface area contributed by atoms with E-state index >= 15 is 0 Å². The van der Waals surface area contributed by atoms with Gasteiger partial charge in [0.1, 0.15) is 24.0 Å². The smallest absolute Gasteiger partial charge is 0.363 e. The summed E-state index contributed by atoms with van der Waals surface area (Å²) in [5.41, 5.74) is 1.25. The molecule has 0 N–H and O–H groups in total. The summed E-state index contributed by atoms with van der Waals surface area (Å²) in [6, 6.07) is 19.2. The van der Waals surface area contributed by atoms with E-state index in [0.717, 1.165) is 0 Å². The number of rotatable bonds is 5. The van der Waals surface area contributed by atoms with Crippen molar-refractivity contribution in [2.75, 3.05) is 0 Å². The van der Waals surface area contributed by atoms with Crippen LogP contribution in [0.5, 0.6) is 5.75 Å². The molecule has 0 saturated carbocycles. The van der Waals surface area contributed by atoms with Crippen molar-refractivity contribution >= 4 is 17.9 Å². The van der Waals surface area contributed by atoms with Crippen LogP contribution in [0.2, 0.25) is 0 Å². The molecule has 0 aliphatic carbocycles. The number of ether oxygens (including phenoxy) is 2. The Hall–Kier alpha value is -3.80. The molecule has 4 rings (SSSR count). The summed E-state index contributed by atoms with van der Waals surface area (Å²) >= 11 is 0. The summed E-state index contributed by atoms with van der Waals surface area (Å²) in [6.07, 6.45) is 1.52. The third-order valence-electron chi connectivity index (χ3n) is 4.24. The molecule has 0 saturated heterocycles. The zero-order chi connectivity index (χ0) is 20.2. The summed E-state index contributed by atoms with van der Waals surface area (Å²) in [4.78, 5) is 16.2. The average Bonchev–Trinajstić information content (AvgIpc) is 3.08. The predicted octanol–water partition coefficient (Wildman–Crippen LogP) is 4.89. The monoisotopic (exact) mass is 391 g/mol. The number of carbonyl (C=O) groups is 1. The van der Waals surface area contributed by atoms with Crippen LogP contribution in [0.25, 0.3) is 6.08 Å². The molecular formula is C23H15F2NO3. The maximum atomic E-state index is 13.9. The number of carbonyl (C=O) groups excluding carboxylic acids is 1. The molecule has 144 valence electrons. The zero-order valence-corrected chi connectivity index (χ0v) is 15.1. The van der Waals surface area contributed by atoms with Gasteiger partial charge in [0.15, 0.2) is 5.70 Å². The lowest BCUT2D eigenvalue weighted by Gasteiger charge is -2.07. The van der Waals surface area contributed by atoms with Gasteiger partial charge >= 0.3 is 5.97 Å². The number of hydrogen-bond donors (Lipinski definition) is 0. The predicted molar refractivity (Wildman–Crippen MR) is 104 cm³/mol. The fourth-order valence-corrected chi connectivity index (χ4v) is 2.79. The highest BCUT2D eigenvalue weighted by atomic mass is 19.1. The minimum Gasteiger partial charge on any atom is -0.489 e. The quantitative estimate of drug-likeness (QED) is 0.460. The van der Waals surface area contributed by atoms with Gasteiger partial charge in [-0.25, -0.2) is 18.6 Å². The van der Waals surface area contributed by atoms with E-state index in [1.807, 2.05) is 0 Å². The lowest BCUT2D eigenvalue weighted by atomic mass is 10.2. The summed E-state index contributed by atoms with van der Waals surface area (Å²) in [5.74, 6) is -1.10. The summed E-state index contributed by atoms with van der Waals surface area (Å²) < 4.78 is 38.3. The van der Waals surface area contributed by atoms with Gasteiger partial charge in [-0.2, -0.15) is 0 Å². The molecule has 0 aromatic heterocycles. The van der Waals surface area contributed by atoms with Crippen LogP contribution in [0.15, 0.2) is 83.5 Å². The molecular weight excluding hydrogens is 376 g/mol. The highest BCUT2D eigenvalue weighted by Crippen LogP contribution is 2.23. The maximum Gasteiger partial charge on any atom is 0.363 e. The molecule has 0 atom stereocenters. The topological polar surface area (TPSA) is 47.9 Å². The molecule has 0 spiro atoms. The Morgan fingerprint density at radius 1 is 0.931 bits per heavy atom. The summed E-state index contributed by atoms with van der Waals surface area (Å²) in [5, 5.41) is 0.